The van der Waals surface area contributed by atoms with E-state index >= 15 is 0 Å². The smallest absolute Gasteiger partial charge is 0.143 e. The molecule has 1 heterocycles. The first-order chi connectivity index (χ1) is 28.5. The zero-order valence-corrected chi connectivity index (χ0v) is 32.6. The van der Waals surface area contributed by atoms with Crippen LogP contribution in [0.2, 0.25) is 0 Å². The summed E-state index contributed by atoms with van der Waals surface area (Å²) < 4.78 is 7.16. The molecule has 0 bridgehead atoms. The summed E-state index contributed by atoms with van der Waals surface area (Å²) in [5.74, 6) is -0.0206. The van der Waals surface area contributed by atoms with E-state index in [4.69, 9.17) is 4.42 Å². The Balaban J connectivity index is 1.11. The van der Waals surface area contributed by atoms with Gasteiger partial charge in [0.25, 0.3) is 0 Å². The topological polar surface area (TPSA) is 13.1 Å². The Labute approximate surface area is 338 Å². The quantitative estimate of drug-likeness (QED) is 0.160. The highest BCUT2D eigenvalue weighted by molar-refractivity contribution is 6.19. The lowest BCUT2D eigenvalue weighted by Crippen LogP contribution is -2.14. The molecule has 0 amide bonds. The predicted molar refractivity (Wildman–Crippen MR) is 242 cm³/mol. The fourth-order valence-corrected chi connectivity index (χ4v) is 10.5. The Bertz CT molecular complexity index is 3270. The molecule has 1 heteroatoms. The van der Waals surface area contributed by atoms with Crippen molar-refractivity contribution in [2.45, 2.75) is 31.6 Å². The molecule has 9 aromatic carbocycles. The summed E-state index contributed by atoms with van der Waals surface area (Å²) in [6.45, 7) is 4.72. The molecule has 12 rings (SSSR count). The minimum atomic E-state index is -0.106. The second-order valence-electron chi connectivity index (χ2n) is 16.7. The predicted octanol–water partition coefficient (Wildman–Crippen LogP) is 15.1. The minimum Gasteiger partial charge on any atom is -0.455 e. The van der Waals surface area contributed by atoms with Gasteiger partial charge < -0.3 is 4.42 Å². The molecule has 58 heavy (non-hydrogen) atoms. The molecule has 1 unspecified atom stereocenters. The van der Waals surface area contributed by atoms with Crippen molar-refractivity contribution in [1.29, 1.82) is 0 Å². The molecule has 1 nitrogen and oxygen atoms in total. The first-order valence-electron chi connectivity index (χ1n) is 20.5. The molecule has 2 aliphatic rings. The molecule has 1 atom stereocenters. The van der Waals surface area contributed by atoms with Gasteiger partial charge in [0.1, 0.15) is 11.2 Å². The van der Waals surface area contributed by atoms with E-state index in [-0.39, 0.29) is 11.3 Å². The molecule has 2 aliphatic carbocycles. The largest absolute Gasteiger partial charge is 0.455 e. The lowest BCUT2D eigenvalue weighted by atomic mass is 9.79. The number of rotatable bonds is 5. The third-order valence-corrected chi connectivity index (χ3v) is 13.3. The summed E-state index contributed by atoms with van der Waals surface area (Å²) in [5, 5.41) is 4.76. The molecule has 0 saturated carbocycles. The maximum absolute atomic E-state index is 7.16. The molecule has 274 valence electrons. The standard InChI is InChI=1S/C57H40O/c1-57(2)50-24-11-10-20-44(50)45-31-30-40(34-51(45)57)54-42-19-9-7-17-39(42)33-49-55-47(23-13-25-52(55)58-56(49)54)53(37-28-26-36(27-29-37)35-14-4-3-5-15-35)46-22-12-21-43-41-18-8-6-16-38(41)32-48(43)46/h3-31,33-34,53H,32H2,1-2H3. The molecular formula is C57H40O. The van der Waals surface area contributed by atoms with Crippen molar-refractivity contribution in [2.75, 3.05) is 0 Å². The van der Waals surface area contributed by atoms with Gasteiger partial charge in [0.15, 0.2) is 0 Å². The Hall–Kier alpha value is -6.96. The van der Waals surface area contributed by atoms with Crippen LogP contribution in [0.25, 0.3) is 77.2 Å². The maximum Gasteiger partial charge on any atom is 0.143 e. The lowest BCUT2D eigenvalue weighted by molar-refractivity contribution is 0.660. The third-order valence-electron chi connectivity index (χ3n) is 13.3. The van der Waals surface area contributed by atoms with E-state index in [1.54, 1.807) is 0 Å². The molecule has 0 spiro atoms. The SMILES string of the molecule is CC1(C)c2ccccc2-c2ccc(-c3c4ccccc4cc4c3oc3cccc(C(c5ccc(-c6ccccc6)cc5)c5cccc6c5Cc5ccccc5-6)c34)cc21. The zero-order valence-electron chi connectivity index (χ0n) is 32.6. The van der Waals surface area contributed by atoms with Crippen LogP contribution in [0.3, 0.4) is 0 Å². The van der Waals surface area contributed by atoms with Crippen LogP contribution in [0.1, 0.15) is 58.7 Å². The lowest BCUT2D eigenvalue weighted by Gasteiger charge is -2.23. The molecule has 10 aromatic rings. The van der Waals surface area contributed by atoms with Gasteiger partial charge in [-0.1, -0.05) is 184 Å². The zero-order chi connectivity index (χ0) is 38.5. The summed E-state index contributed by atoms with van der Waals surface area (Å²) in [5.41, 5.74) is 21.3. The van der Waals surface area contributed by atoms with Gasteiger partial charge >= 0.3 is 0 Å². The molecule has 0 radical (unpaired) electrons. The van der Waals surface area contributed by atoms with Crippen LogP contribution in [0.5, 0.6) is 0 Å². The fraction of sp³-hybridized carbons (Fsp3) is 0.0877. The van der Waals surface area contributed by atoms with Gasteiger partial charge in [-0.3, -0.25) is 0 Å². The van der Waals surface area contributed by atoms with Gasteiger partial charge in [-0.05, 0) is 113 Å². The number of hydrogen-bond acceptors (Lipinski definition) is 1. The van der Waals surface area contributed by atoms with Crippen LogP contribution < -0.4 is 0 Å². The summed E-state index contributed by atoms with van der Waals surface area (Å²) >= 11 is 0. The van der Waals surface area contributed by atoms with Crippen molar-refractivity contribution in [2.24, 2.45) is 0 Å². The number of fused-ring (bicyclic) bond motifs is 10. The fourth-order valence-electron chi connectivity index (χ4n) is 10.5. The van der Waals surface area contributed by atoms with E-state index in [1.165, 1.54) is 94.0 Å². The van der Waals surface area contributed by atoms with Gasteiger partial charge in [-0.2, -0.15) is 0 Å². The van der Waals surface area contributed by atoms with E-state index in [0.717, 1.165) is 28.5 Å². The van der Waals surface area contributed by atoms with Gasteiger partial charge in [-0.15, -0.1) is 0 Å². The highest BCUT2D eigenvalue weighted by Gasteiger charge is 2.36. The summed E-state index contributed by atoms with van der Waals surface area (Å²) in [7, 11) is 0. The van der Waals surface area contributed by atoms with Gasteiger partial charge in [0, 0.05) is 27.7 Å². The molecule has 0 saturated heterocycles. The second-order valence-corrected chi connectivity index (χ2v) is 16.7. The van der Waals surface area contributed by atoms with Crippen molar-refractivity contribution in [3.8, 4) is 44.5 Å². The molecular weight excluding hydrogens is 701 g/mol. The van der Waals surface area contributed by atoms with Crippen LogP contribution in [-0.2, 0) is 11.8 Å². The minimum absolute atomic E-state index is 0.0206. The van der Waals surface area contributed by atoms with Crippen LogP contribution in [0.15, 0.2) is 192 Å². The average molecular weight is 741 g/mol. The molecule has 0 fully saturated rings. The van der Waals surface area contributed by atoms with Crippen molar-refractivity contribution in [3.05, 3.63) is 227 Å². The van der Waals surface area contributed by atoms with Gasteiger partial charge in [-0.25, -0.2) is 0 Å². The number of benzene rings is 9. The van der Waals surface area contributed by atoms with Crippen LogP contribution in [-0.4, -0.2) is 0 Å². The number of hydrogen-bond donors (Lipinski definition) is 0. The summed E-state index contributed by atoms with van der Waals surface area (Å²) in [6, 6.07) is 69.7. The summed E-state index contributed by atoms with van der Waals surface area (Å²) in [6.07, 6.45) is 0.926. The summed E-state index contributed by atoms with van der Waals surface area (Å²) in [4.78, 5) is 0. The molecule has 1 aromatic heterocycles. The average Bonchev–Trinajstić information content (AvgIpc) is 3.91. The Kier molecular flexibility index (Phi) is 7.17. The van der Waals surface area contributed by atoms with Gasteiger partial charge in [0.05, 0.1) is 0 Å². The van der Waals surface area contributed by atoms with Crippen molar-refractivity contribution < 1.29 is 4.42 Å². The van der Waals surface area contributed by atoms with E-state index in [1.807, 2.05) is 0 Å². The highest BCUT2D eigenvalue weighted by atomic mass is 16.3. The van der Waals surface area contributed by atoms with E-state index in [9.17, 15) is 0 Å². The van der Waals surface area contributed by atoms with Crippen molar-refractivity contribution in [3.63, 3.8) is 0 Å². The van der Waals surface area contributed by atoms with Gasteiger partial charge in [0.2, 0.25) is 0 Å². The maximum atomic E-state index is 7.16. The molecule has 0 N–H and O–H groups in total. The highest BCUT2D eigenvalue weighted by Crippen LogP contribution is 2.52. The first-order valence-corrected chi connectivity index (χ1v) is 20.5. The van der Waals surface area contributed by atoms with Crippen molar-refractivity contribution >= 4 is 32.7 Å². The second kappa shape index (κ2) is 12.5. The van der Waals surface area contributed by atoms with Crippen LogP contribution in [0.4, 0.5) is 0 Å². The van der Waals surface area contributed by atoms with Crippen molar-refractivity contribution in [1.82, 2.24) is 0 Å². The van der Waals surface area contributed by atoms with E-state index in [0.29, 0.717) is 0 Å². The monoisotopic (exact) mass is 740 g/mol. The van der Waals surface area contributed by atoms with E-state index in [2.05, 4.69) is 202 Å². The van der Waals surface area contributed by atoms with Crippen LogP contribution >= 0.6 is 0 Å². The van der Waals surface area contributed by atoms with E-state index < -0.39 is 0 Å². The first kappa shape index (κ1) is 33.2. The normalized spacial score (nSPS) is 14.0. The number of furan rings is 1. The molecule has 0 aliphatic heterocycles. The Morgan fingerprint density at radius 1 is 0.483 bits per heavy atom. The Morgan fingerprint density at radius 2 is 1.16 bits per heavy atom. The van der Waals surface area contributed by atoms with Crippen LogP contribution in [0, 0.1) is 0 Å². The Morgan fingerprint density at radius 3 is 2.03 bits per heavy atom. The third kappa shape index (κ3) is 4.83.